The predicted octanol–water partition coefficient (Wildman–Crippen LogP) is 2.15. The van der Waals surface area contributed by atoms with Crippen molar-refractivity contribution in [2.75, 3.05) is 43.2 Å². The van der Waals surface area contributed by atoms with E-state index in [1.807, 2.05) is 4.90 Å². The molecule has 1 aromatic carbocycles. The summed E-state index contributed by atoms with van der Waals surface area (Å²) in [5.41, 5.74) is 0.806. The molecule has 0 aliphatic carbocycles. The van der Waals surface area contributed by atoms with Crippen molar-refractivity contribution in [1.29, 1.82) is 0 Å². The zero-order valence-corrected chi connectivity index (χ0v) is 16.2. The van der Waals surface area contributed by atoms with Gasteiger partial charge in [-0.25, -0.2) is 14.0 Å². The highest BCUT2D eigenvalue weighted by atomic mass is 19.1. The van der Waals surface area contributed by atoms with E-state index >= 15 is 0 Å². The van der Waals surface area contributed by atoms with Crippen LogP contribution in [0.4, 0.5) is 25.4 Å². The molecule has 2 amide bonds. The van der Waals surface area contributed by atoms with Crippen LogP contribution in [0.1, 0.15) is 6.42 Å². The van der Waals surface area contributed by atoms with Crippen molar-refractivity contribution in [3.63, 3.8) is 0 Å². The molecular weight excluding hydrogens is 399 g/mol. The van der Waals surface area contributed by atoms with Gasteiger partial charge >= 0.3 is 12.2 Å². The van der Waals surface area contributed by atoms with Crippen LogP contribution in [-0.2, 0) is 9.47 Å². The number of nitrogens with zero attached hydrogens (tertiary/aromatic N) is 3. The number of anilines is 2. The Morgan fingerprint density at radius 1 is 1.37 bits per heavy atom. The fourth-order valence-corrected chi connectivity index (χ4v) is 3.52. The number of halogens is 1. The van der Waals surface area contributed by atoms with Gasteiger partial charge in [-0.05, 0) is 29.8 Å². The van der Waals surface area contributed by atoms with Crippen molar-refractivity contribution in [1.82, 2.24) is 10.5 Å². The zero-order chi connectivity index (χ0) is 21.1. The molecule has 2 aliphatic heterocycles. The lowest BCUT2D eigenvalue weighted by Gasteiger charge is -2.21. The Hall–Kier alpha value is -3.50. The van der Waals surface area contributed by atoms with E-state index in [4.69, 9.17) is 9.47 Å². The van der Waals surface area contributed by atoms with Gasteiger partial charge in [-0.3, -0.25) is 4.90 Å². The highest BCUT2D eigenvalue weighted by molar-refractivity contribution is 5.90. The zero-order valence-electron chi connectivity index (χ0n) is 16.2. The lowest BCUT2D eigenvalue weighted by Crippen LogP contribution is -2.37. The van der Waals surface area contributed by atoms with Crippen LogP contribution in [0.25, 0.3) is 0 Å². The molecule has 4 rings (SSSR count). The molecule has 3 heterocycles. The van der Waals surface area contributed by atoms with Crippen LogP contribution in [0.2, 0.25) is 0 Å². The normalized spacial score (nSPS) is 20.9. The molecule has 10 nitrogen and oxygen atoms in total. The number of hydrogen-bond acceptors (Lipinski definition) is 8. The first-order valence-electron chi connectivity index (χ1n) is 9.44. The second-order valence-corrected chi connectivity index (χ2v) is 6.97. The maximum absolute atomic E-state index is 14.8. The molecule has 0 radical (unpaired) electrons. The quantitative estimate of drug-likeness (QED) is 0.758. The van der Waals surface area contributed by atoms with E-state index in [0.717, 1.165) is 0 Å². The Balaban J connectivity index is 1.37. The number of nitrogens with one attached hydrogen (secondary N) is 1. The van der Waals surface area contributed by atoms with Gasteiger partial charge in [-0.2, -0.15) is 0 Å². The molecule has 1 N–H and O–H groups in total. The maximum Gasteiger partial charge on any atom is 0.414 e. The second kappa shape index (κ2) is 8.47. The van der Waals surface area contributed by atoms with Crippen LogP contribution in [0, 0.1) is 5.82 Å². The molecule has 160 valence electrons. The molecule has 0 spiro atoms. The van der Waals surface area contributed by atoms with Gasteiger partial charge in [-0.15, -0.1) is 0 Å². The molecule has 1 aromatic heterocycles. The Bertz CT molecular complexity index is 908. The number of rotatable bonds is 6. The van der Waals surface area contributed by atoms with E-state index in [2.05, 4.69) is 19.7 Å². The molecular formula is C19H21FN4O6. The van der Waals surface area contributed by atoms with Crippen molar-refractivity contribution in [2.45, 2.75) is 18.6 Å². The predicted molar refractivity (Wildman–Crippen MR) is 102 cm³/mol. The molecule has 2 aliphatic rings. The summed E-state index contributed by atoms with van der Waals surface area (Å²) in [5.74, 6) is -0.160. The molecule has 2 fully saturated rings. The van der Waals surface area contributed by atoms with E-state index in [0.29, 0.717) is 36.8 Å². The summed E-state index contributed by atoms with van der Waals surface area (Å²) in [6.45, 7) is 1.40. The van der Waals surface area contributed by atoms with Gasteiger partial charge in [0.05, 0.1) is 31.1 Å². The average Bonchev–Trinajstić information content (AvgIpc) is 3.47. The van der Waals surface area contributed by atoms with Crippen molar-refractivity contribution in [3.8, 4) is 5.88 Å². The van der Waals surface area contributed by atoms with Crippen LogP contribution in [0.3, 0.4) is 0 Å². The summed E-state index contributed by atoms with van der Waals surface area (Å²) in [4.78, 5) is 26.8. The number of carbonyl (C=O) groups excluding carboxylic acids is 2. The van der Waals surface area contributed by atoms with E-state index in [-0.39, 0.29) is 19.2 Å². The monoisotopic (exact) mass is 420 g/mol. The maximum atomic E-state index is 14.8. The van der Waals surface area contributed by atoms with Gasteiger partial charge in [0.25, 0.3) is 5.88 Å². The first-order chi connectivity index (χ1) is 14.5. The van der Waals surface area contributed by atoms with Crippen LogP contribution in [-0.4, -0.2) is 62.8 Å². The van der Waals surface area contributed by atoms with Crippen LogP contribution in [0.5, 0.6) is 5.88 Å². The Morgan fingerprint density at radius 3 is 2.97 bits per heavy atom. The molecule has 2 atom stereocenters. The number of carbonyl (C=O) groups is 2. The van der Waals surface area contributed by atoms with Crippen molar-refractivity contribution >= 4 is 23.6 Å². The lowest BCUT2D eigenvalue weighted by molar-refractivity contribution is 0.101. The van der Waals surface area contributed by atoms with Gasteiger partial charge in [0.1, 0.15) is 18.7 Å². The fraction of sp³-hybridized carbons (Fsp3) is 0.421. The number of alkyl carbamates (subject to hydrolysis) is 1. The van der Waals surface area contributed by atoms with E-state index in [9.17, 15) is 14.0 Å². The number of cyclic esters (lactones) is 1. The van der Waals surface area contributed by atoms with Gasteiger partial charge in [0.2, 0.25) is 0 Å². The Kier molecular flexibility index (Phi) is 5.59. The average molecular weight is 420 g/mol. The summed E-state index contributed by atoms with van der Waals surface area (Å²) < 4.78 is 34.7. The molecule has 0 unspecified atom stereocenters. The third-order valence-electron chi connectivity index (χ3n) is 4.98. The highest BCUT2D eigenvalue weighted by Crippen LogP contribution is 2.30. The lowest BCUT2D eigenvalue weighted by atomic mass is 10.2. The van der Waals surface area contributed by atoms with Crippen LogP contribution < -0.4 is 19.9 Å². The van der Waals surface area contributed by atoms with Crippen molar-refractivity contribution in [3.05, 3.63) is 36.3 Å². The molecule has 30 heavy (non-hydrogen) atoms. The summed E-state index contributed by atoms with van der Waals surface area (Å²) in [5, 5.41) is 6.34. The van der Waals surface area contributed by atoms with E-state index in [1.165, 1.54) is 24.3 Å². The second-order valence-electron chi connectivity index (χ2n) is 6.97. The third-order valence-corrected chi connectivity index (χ3v) is 4.98. The number of methoxy groups -OCH3 is 1. The largest absolute Gasteiger partial charge is 0.471 e. The minimum atomic E-state index is -0.570. The summed E-state index contributed by atoms with van der Waals surface area (Å²) in [6.07, 6.45) is 0.468. The molecule has 2 saturated heterocycles. The Labute approximate surface area is 171 Å². The fourth-order valence-electron chi connectivity index (χ4n) is 3.52. The molecule has 11 heteroatoms. The highest BCUT2D eigenvalue weighted by Gasteiger charge is 2.34. The first kappa shape index (κ1) is 19.8. The first-order valence-corrected chi connectivity index (χ1v) is 9.44. The Morgan fingerprint density at radius 2 is 2.23 bits per heavy atom. The molecule has 2 aromatic rings. The number of benzene rings is 1. The number of ether oxygens (including phenoxy) is 3. The van der Waals surface area contributed by atoms with Crippen molar-refractivity contribution < 1.29 is 32.7 Å². The third kappa shape index (κ3) is 4.24. The van der Waals surface area contributed by atoms with Crippen LogP contribution >= 0.6 is 0 Å². The number of hydrogen-bond donors (Lipinski definition) is 1. The van der Waals surface area contributed by atoms with Gasteiger partial charge in [0.15, 0.2) is 6.10 Å². The van der Waals surface area contributed by atoms with Crippen molar-refractivity contribution in [2.24, 2.45) is 0 Å². The van der Waals surface area contributed by atoms with Gasteiger partial charge < -0.3 is 29.0 Å². The number of amides is 2. The SMILES string of the molecule is COC(=O)N[C@@H]1CCN(c2ccc(N3C[C@H](COc4ccon4)OC3=O)cc2F)C1. The number of aromatic nitrogens is 1. The van der Waals surface area contributed by atoms with Gasteiger partial charge in [0, 0.05) is 19.2 Å². The minimum Gasteiger partial charge on any atom is -0.471 e. The summed E-state index contributed by atoms with van der Waals surface area (Å²) in [7, 11) is 1.30. The topological polar surface area (TPSA) is 106 Å². The molecule has 0 bridgehead atoms. The van der Waals surface area contributed by atoms with Crippen LogP contribution in [0.15, 0.2) is 35.1 Å². The van der Waals surface area contributed by atoms with E-state index in [1.54, 1.807) is 18.2 Å². The van der Waals surface area contributed by atoms with E-state index < -0.39 is 24.1 Å². The smallest absolute Gasteiger partial charge is 0.414 e. The van der Waals surface area contributed by atoms with Gasteiger partial charge in [-0.1, -0.05) is 0 Å². The summed E-state index contributed by atoms with van der Waals surface area (Å²) >= 11 is 0. The minimum absolute atomic E-state index is 0.109. The molecule has 0 saturated carbocycles. The summed E-state index contributed by atoms with van der Waals surface area (Å²) in [6, 6.07) is 6.03. The standard InChI is InChI=1S/C19H21FN4O6/c1-27-18(25)21-12-4-6-23(9-12)16-3-2-13(8-15(16)20)24-10-14(30-19(24)26)11-28-17-5-7-29-22-17/h2-3,5,7-8,12,14H,4,6,9-11H2,1H3,(H,21,25)/t12-,14-/m1/s1.